The minimum Gasteiger partial charge on any atom is -0.469 e. The maximum atomic E-state index is 11.2. The first-order valence-corrected chi connectivity index (χ1v) is 4.49. The molecule has 0 N–H and O–H groups in total. The van der Waals surface area contributed by atoms with E-state index in [1.54, 1.807) is 0 Å². The zero-order valence-corrected chi connectivity index (χ0v) is 8.01. The molecule has 14 heavy (non-hydrogen) atoms. The van der Waals surface area contributed by atoms with Gasteiger partial charge in [0.1, 0.15) is 0 Å². The molecule has 1 aliphatic carbocycles. The molecule has 2 atom stereocenters. The van der Waals surface area contributed by atoms with Gasteiger partial charge >= 0.3 is 5.97 Å². The van der Waals surface area contributed by atoms with E-state index in [0.29, 0.717) is 12.8 Å². The Hall–Kier alpha value is -1.39. The Balaban J connectivity index is 2.51. The molecule has 0 aliphatic heterocycles. The fourth-order valence-corrected chi connectivity index (χ4v) is 1.66. The molecule has 0 saturated heterocycles. The summed E-state index contributed by atoms with van der Waals surface area (Å²) < 4.78 is 4.60. The fraction of sp³-hybridized carbons (Fsp3) is 0.667. The molecule has 0 fully saturated rings. The van der Waals surface area contributed by atoms with Crippen LogP contribution in [0.2, 0.25) is 0 Å². The molecule has 0 heterocycles. The molecule has 0 radical (unpaired) electrons. The number of allylic oxidation sites excluding steroid dienone is 1. The van der Waals surface area contributed by atoms with Crippen LogP contribution in [-0.4, -0.2) is 24.5 Å². The summed E-state index contributed by atoms with van der Waals surface area (Å²) in [5.41, 5.74) is 0. The van der Waals surface area contributed by atoms with Crippen LogP contribution in [0.15, 0.2) is 12.2 Å². The van der Waals surface area contributed by atoms with Crippen molar-refractivity contribution >= 4 is 5.97 Å². The SMILES string of the molecule is COC(=O)C1CC=CC(C[N+](=O)[O-])C1. The fourth-order valence-electron chi connectivity index (χ4n) is 1.66. The van der Waals surface area contributed by atoms with Gasteiger partial charge in [-0.15, -0.1) is 0 Å². The molecule has 78 valence electrons. The molecule has 1 aliphatic rings. The topological polar surface area (TPSA) is 69.4 Å². The van der Waals surface area contributed by atoms with Gasteiger partial charge in [-0.2, -0.15) is 0 Å². The van der Waals surface area contributed by atoms with E-state index in [1.165, 1.54) is 7.11 Å². The van der Waals surface area contributed by atoms with Gasteiger partial charge in [0.25, 0.3) is 0 Å². The summed E-state index contributed by atoms with van der Waals surface area (Å²) in [5.74, 6) is -0.625. The van der Waals surface area contributed by atoms with Crippen LogP contribution in [0.1, 0.15) is 12.8 Å². The summed E-state index contributed by atoms with van der Waals surface area (Å²) >= 11 is 0. The highest BCUT2D eigenvalue weighted by molar-refractivity contribution is 5.72. The molecule has 0 amide bonds. The average molecular weight is 199 g/mol. The first-order chi connectivity index (χ1) is 6.63. The second-order valence-corrected chi connectivity index (χ2v) is 3.40. The molecule has 0 saturated carbocycles. The number of hydrogen-bond donors (Lipinski definition) is 0. The van der Waals surface area contributed by atoms with Gasteiger partial charge in [0.15, 0.2) is 0 Å². The second kappa shape index (κ2) is 4.74. The molecular formula is C9H13NO4. The van der Waals surface area contributed by atoms with Crippen molar-refractivity contribution in [3.63, 3.8) is 0 Å². The maximum absolute atomic E-state index is 11.2. The summed E-state index contributed by atoms with van der Waals surface area (Å²) in [7, 11) is 1.34. The third-order valence-electron chi connectivity index (χ3n) is 2.33. The highest BCUT2D eigenvalue weighted by atomic mass is 16.6. The van der Waals surface area contributed by atoms with Gasteiger partial charge in [-0.1, -0.05) is 12.2 Å². The Morgan fingerprint density at radius 1 is 1.71 bits per heavy atom. The van der Waals surface area contributed by atoms with Crippen LogP contribution in [0.25, 0.3) is 0 Å². The van der Waals surface area contributed by atoms with E-state index >= 15 is 0 Å². The molecule has 0 aromatic rings. The van der Waals surface area contributed by atoms with E-state index in [2.05, 4.69) is 4.74 Å². The number of hydrogen-bond acceptors (Lipinski definition) is 4. The minimum atomic E-state index is -0.353. The summed E-state index contributed by atoms with van der Waals surface area (Å²) in [5, 5.41) is 10.3. The van der Waals surface area contributed by atoms with Gasteiger partial charge in [0.2, 0.25) is 6.54 Å². The number of nitro groups is 1. The molecule has 1 rings (SSSR count). The third kappa shape index (κ3) is 2.83. The van der Waals surface area contributed by atoms with Gasteiger partial charge in [0.05, 0.1) is 13.0 Å². The normalized spacial score (nSPS) is 25.8. The zero-order chi connectivity index (χ0) is 10.6. The van der Waals surface area contributed by atoms with E-state index in [0.717, 1.165) is 0 Å². The van der Waals surface area contributed by atoms with Gasteiger partial charge in [0, 0.05) is 10.8 Å². The van der Waals surface area contributed by atoms with Crippen molar-refractivity contribution < 1.29 is 14.5 Å². The molecule has 5 nitrogen and oxygen atoms in total. The highest BCUT2D eigenvalue weighted by Crippen LogP contribution is 2.24. The Labute approximate surface area is 81.9 Å². The van der Waals surface area contributed by atoms with Crippen molar-refractivity contribution in [2.45, 2.75) is 12.8 Å². The van der Waals surface area contributed by atoms with Crippen molar-refractivity contribution in [3.8, 4) is 0 Å². The number of ether oxygens (including phenoxy) is 1. The predicted molar refractivity (Wildman–Crippen MR) is 49.2 cm³/mol. The number of rotatable bonds is 3. The van der Waals surface area contributed by atoms with Gasteiger partial charge in [-0.25, -0.2) is 0 Å². The molecule has 0 aromatic heterocycles. The summed E-state index contributed by atoms with van der Waals surface area (Å²) in [6.45, 7) is -0.107. The molecule has 2 unspecified atom stereocenters. The lowest BCUT2D eigenvalue weighted by Gasteiger charge is -2.19. The molecule has 5 heteroatoms. The minimum absolute atomic E-state index is 0.107. The number of carbonyl (C=O) groups is 1. The van der Waals surface area contributed by atoms with Crippen molar-refractivity contribution in [2.24, 2.45) is 11.8 Å². The summed E-state index contributed by atoms with van der Waals surface area (Å²) in [6, 6.07) is 0. The molecule has 0 bridgehead atoms. The molecule has 0 aromatic carbocycles. The zero-order valence-electron chi connectivity index (χ0n) is 8.01. The first-order valence-electron chi connectivity index (χ1n) is 4.49. The Morgan fingerprint density at radius 2 is 2.43 bits per heavy atom. The average Bonchev–Trinajstić information content (AvgIpc) is 2.16. The molecule has 0 spiro atoms. The number of esters is 1. The Kier molecular flexibility index (Phi) is 3.62. The number of nitrogens with zero attached hydrogens (tertiary/aromatic N) is 1. The van der Waals surface area contributed by atoms with Crippen molar-refractivity contribution in [3.05, 3.63) is 22.3 Å². The van der Waals surface area contributed by atoms with E-state index in [4.69, 9.17) is 0 Å². The quantitative estimate of drug-likeness (QED) is 0.294. The van der Waals surface area contributed by atoms with E-state index in [1.807, 2.05) is 12.2 Å². The second-order valence-electron chi connectivity index (χ2n) is 3.40. The van der Waals surface area contributed by atoms with Crippen LogP contribution >= 0.6 is 0 Å². The van der Waals surface area contributed by atoms with Crippen molar-refractivity contribution in [2.75, 3.05) is 13.7 Å². The van der Waals surface area contributed by atoms with Crippen LogP contribution in [0.5, 0.6) is 0 Å². The lowest BCUT2D eigenvalue weighted by Crippen LogP contribution is -2.24. The largest absolute Gasteiger partial charge is 0.469 e. The lowest BCUT2D eigenvalue weighted by atomic mass is 9.87. The van der Waals surface area contributed by atoms with Crippen LogP contribution in [0, 0.1) is 22.0 Å². The van der Waals surface area contributed by atoms with Gasteiger partial charge in [-0.05, 0) is 12.8 Å². The van der Waals surface area contributed by atoms with E-state index in [9.17, 15) is 14.9 Å². The number of methoxy groups -OCH3 is 1. The Morgan fingerprint density at radius 3 is 3.00 bits per heavy atom. The van der Waals surface area contributed by atoms with Crippen LogP contribution in [0.3, 0.4) is 0 Å². The van der Waals surface area contributed by atoms with Crippen molar-refractivity contribution in [1.82, 2.24) is 0 Å². The van der Waals surface area contributed by atoms with Crippen LogP contribution in [0.4, 0.5) is 0 Å². The maximum Gasteiger partial charge on any atom is 0.308 e. The smallest absolute Gasteiger partial charge is 0.308 e. The summed E-state index contributed by atoms with van der Waals surface area (Å²) in [4.78, 5) is 21.1. The third-order valence-corrected chi connectivity index (χ3v) is 2.33. The monoisotopic (exact) mass is 199 g/mol. The lowest BCUT2D eigenvalue weighted by molar-refractivity contribution is -0.486. The van der Waals surface area contributed by atoms with E-state index in [-0.39, 0.29) is 29.3 Å². The summed E-state index contributed by atoms with van der Waals surface area (Å²) in [6.07, 6.45) is 4.77. The standard InChI is InChI=1S/C9H13NO4/c1-14-9(11)8-4-2-3-7(5-8)6-10(12)13/h2-3,7-8H,4-6H2,1H3. The van der Waals surface area contributed by atoms with Crippen molar-refractivity contribution in [1.29, 1.82) is 0 Å². The van der Waals surface area contributed by atoms with Crippen LogP contribution in [-0.2, 0) is 9.53 Å². The van der Waals surface area contributed by atoms with Gasteiger partial charge < -0.3 is 4.74 Å². The van der Waals surface area contributed by atoms with Crippen LogP contribution < -0.4 is 0 Å². The van der Waals surface area contributed by atoms with Gasteiger partial charge in [-0.3, -0.25) is 14.9 Å². The predicted octanol–water partition coefficient (Wildman–Crippen LogP) is 1.02. The first kappa shape index (κ1) is 10.7. The molecular weight excluding hydrogens is 186 g/mol. The Bertz CT molecular complexity index is 262. The number of carbonyl (C=O) groups excluding carboxylic acids is 1. The highest BCUT2D eigenvalue weighted by Gasteiger charge is 2.27. The van der Waals surface area contributed by atoms with E-state index < -0.39 is 0 Å².